The summed E-state index contributed by atoms with van der Waals surface area (Å²) in [4.78, 5) is 32.2. The minimum Gasteiger partial charge on any atom is -0.339 e. The van der Waals surface area contributed by atoms with E-state index in [1.807, 2.05) is 61.0 Å². The monoisotopic (exact) mass is 448 g/mol. The molecular formula is C22H29ClN4O2S. The number of piperazine rings is 1. The summed E-state index contributed by atoms with van der Waals surface area (Å²) in [5.74, 6) is 0.112. The number of nitrogens with zero attached hydrogens (tertiary/aromatic N) is 3. The Labute approximate surface area is 187 Å². The van der Waals surface area contributed by atoms with Crippen LogP contribution in [0.2, 0.25) is 4.34 Å². The van der Waals surface area contributed by atoms with Crippen LogP contribution in [-0.4, -0.2) is 72.8 Å². The van der Waals surface area contributed by atoms with Crippen LogP contribution in [0.4, 0.5) is 5.69 Å². The molecule has 1 aromatic heterocycles. The van der Waals surface area contributed by atoms with E-state index in [4.69, 9.17) is 11.6 Å². The Morgan fingerprint density at radius 2 is 1.77 bits per heavy atom. The van der Waals surface area contributed by atoms with Crippen molar-refractivity contribution in [3.05, 3.63) is 50.7 Å². The SMILES string of the molecule is Cc1cccc(C)c1NC(=O)CN1CCN(C(=O)CN(C)Cc2ccc(Cl)s2)CC1. The van der Waals surface area contributed by atoms with Crippen molar-refractivity contribution in [3.63, 3.8) is 0 Å². The molecule has 1 aromatic carbocycles. The largest absolute Gasteiger partial charge is 0.339 e. The molecule has 1 aliphatic heterocycles. The summed E-state index contributed by atoms with van der Waals surface area (Å²) in [5.41, 5.74) is 3.02. The molecule has 0 saturated carbocycles. The van der Waals surface area contributed by atoms with Crippen molar-refractivity contribution in [2.75, 3.05) is 51.6 Å². The summed E-state index contributed by atoms with van der Waals surface area (Å²) in [6.07, 6.45) is 0. The van der Waals surface area contributed by atoms with Crippen molar-refractivity contribution in [2.24, 2.45) is 0 Å². The van der Waals surface area contributed by atoms with Crippen LogP contribution in [0.25, 0.3) is 0 Å². The minimum absolute atomic E-state index is 0.0125. The molecule has 3 rings (SSSR count). The van der Waals surface area contributed by atoms with E-state index in [-0.39, 0.29) is 11.8 Å². The van der Waals surface area contributed by atoms with Gasteiger partial charge in [-0.2, -0.15) is 0 Å². The zero-order chi connectivity index (χ0) is 21.7. The number of carbonyl (C=O) groups is 2. The van der Waals surface area contributed by atoms with E-state index in [1.165, 1.54) is 0 Å². The first-order valence-electron chi connectivity index (χ1n) is 10.1. The summed E-state index contributed by atoms with van der Waals surface area (Å²) in [6, 6.07) is 9.86. The lowest BCUT2D eigenvalue weighted by Crippen LogP contribution is -2.52. The Hall–Kier alpha value is -1.93. The first kappa shape index (κ1) is 22.7. The van der Waals surface area contributed by atoms with Crippen LogP contribution in [0, 0.1) is 13.8 Å². The van der Waals surface area contributed by atoms with Gasteiger partial charge in [0.2, 0.25) is 11.8 Å². The average molecular weight is 449 g/mol. The highest BCUT2D eigenvalue weighted by molar-refractivity contribution is 7.16. The molecule has 2 heterocycles. The van der Waals surface area contributed by atoms with E-state index in [9.17, 15) is 9.59 Å². The van der Waals surface area contributed by atoms with E-state index in [1.54, 1.807) is 11.3 Å². The molecule has 8 heteroatoms. The zero-order valence-corrected chi connectivity index (χ0v) is 19.4. The molecule has 0 spiro atoms. The van der Waals surface area contributed by atoms with Crippen LogP contribution < -0.4 is 5.32 Å². The molecule has 0 bridgehead atoms. The number of aryl methyl sites for hydroxylation is 2. The van der Waals surface area contributed by atoms with Gasteiger partial charge < -0.3 is 10.2 Å². The fraction of sp³-hybridized carbons (Fsp3) is 0.455. The number of anilines is 1. The molecule has 2 amide bonds. The molecule has 6 nitrogen and oxygen atoms in total. The predicted molar refractivity (Wildman–Crippen MR) is 123 cm³/mol. The van der Waals surface area contributed by atoms with Gasteiger partial charge in [0.05, 0.1) is 17.4 Å². The second-order valence-corrected chi connectivity index (χ2v) is 9.65. The first-order chi connectivity index (χ1) is 14.3. The number of benzene rings is 1. The van der Waals surface area contributed by atoms with Crippen LogP contribution >= 0.6 is 22.9 Å². The molecule has 1 fully saturated rings. The Kier molecular flexibility index (Phi) is 7.88. The van der Waals surface area contributed by atoms with Gasteiger partial charge in [-0.05, 0) is 44.2 Å². The highest BCUT2D eigenvalue weighted by atomic mass is 35.5. The number of nitrogens with one attached hydrogen (secondary N) is 1. The third-order valence-corrected chi connectivity index (χ3v) is 6.51. The van der Waals surface area contributed by atoms with Crippen molar-refractivity contribution >= 4 is 40.4 Å². The fourth-order valence-electron chi connectivity index (χ4n) is 3.64. The van der Waals surface area contributed by atoms with Crippen molar-refractivity contribution in [1.29, 1.82) is 0 Å². The summed E-state index contributed by atoms with van der Waals surface area (Å²) in [5, 5.41) is 3.03. The van der Waals surface area contributed by atoms with Crippen LogP contribution in [-0.2, 0) is 16.1 Å². The van der Waals surface area contributed by atoms with E-state index >= 15 is 0 Å². The lowest BCUT2D eigenvalue weighted by molar-refractivity contribution is -0.134. The summed E-state index contributed by atoms with van der Waals surface area (Å²) in [7, 11) is 1.94. The maximum atomic E-state index is 12.6. The standard InChI is InChI=1S/C22H29ClN4O2S/c1-16-5-4-6-17(2)22(16)24-20(28)14-26-9-11-27(12-10-26)21(29)15-25(3)13-18-7-8-19(23)30-18/h4-8H,9-15H2,1-3H3,(H,24,28). The number of carbonyl (C=O) groups excluding carboxylic acids is 2. The Bertz CT molecular complexity index is 873. The van der Waals surface area contributed by atoms with Crippen LogP contribution in [0.5, 0.6) is 0 Å². The van der Waals surface area contributed by atoms with Gasteiger partial charge in [-0.25, -0.2) is 0 Å². The Morgan fingerprint density at radius 3 is 2.37 bits per heavy atom. The van der Waals surface area contributed by atoms with Gasteiger partial charge in [0.1, 0.15) is 0 Å². The van der Waals surface area contributed by atoms with Gasteiger partial charge in [-0.15, -0.1) is 11.3 Å². The number of amides is 2. The molecule has 30 heavy (non-hydrogen) atoms. The maximum absolute atomic E-state index is 12.6. The third-order valence-electron chi connectivity index (χ3n) is 5.30. The number of para-hydroxylation sites is 1. The molecule has 0 atom stereocenters. The molecule has 1 saturated heterocycles. The number of hydrogen-bond acceptors (Lipinski definition) is 5. The normalized spacial score (nSPS) is 14.9. The fourth-order valence-corrected chi connectivity index (χ4v) is 4.81. The summed E-state index contributed by atoms with van der Waals surface area (Å²) >= 11 is 7.51. The molecule has 1 aliphatic rings. The molecule has 0 radical (unpaired) electrons. The lowest BCUT2D eigenvalue weighted by atomic mass is 10.1. The summed E-state index contributed by atoms with van der Waals surface area (Å²) in [6.45, 7) is 8.13. The van der Waals surface area contributed by atoms with Gasteiger partial charge in [0, 0.05) is 43.3 Å². The van der Waals surface area contributed by atoms with Crippen molar-refractivity contribution in [2.45, 2.75) is 20.4 Å². The third kappa shape index (κ3) is 6.28. The first-order valence-corrected chi connectivity index (χ1v) is 11.3. The van der Waals surface area contributed by atoms with Gasteiger partial charge in [-0.1, -0.05) is 29.8 Å². The second kappa shape index (κ2) is 10.4. The van der Waals surface area contributed by atoms with Gasteiger partial charge >= 0.3 is 0 Å². The van der Waals surface area contributed by atoms with Crippen molar-refractivity contribution in [3.8, 4) is 0 Å². The van der Waals surface area contributed by atoms with E-state index < -0.39 is 0 Å². The van der Waals surface area contributed by atoms with Crippen molar-refractivity contribution < 1.29 is 9.59 Å². The maximum Gasteiger partial charge on any atom is 0.238 e. The zero-order valence-electron chi connectivity index (χ0n) is 17.8. The van der Waals surface area contributed by atoms with Gasteiger partial charge in [0.15, 0.2) is 0 Å². The topological polar surface area (TPSA) is 55.9 Å². The smallest absolute Gasteiger partial charge is 0.238 e. The average Bonchev–Trinajstić information content (AvgIpc) is 3.09. The number of hydrogen-bond donors (Lipinski definition) is 1. The minimum atomic E-state index is -0.0125. The molecular weight excluding hydrogens is 420 g/mol. The van der Waals surface area contributed by atoms with Gasteiger partial charge in [0.25, 0.3) is 0 Å². The van der Waals surface area contributed by atoms with E-state index in [2.05, 4.69) is 10.2 Å². The number of halogens is 1. The van der Waals surface area contributed by atoms with E-state index in [0.717, 1.165) is 26.0 Å². The highest BCUT2D eigenvalue weighted by Gasteiger charge is 2.23. The van der Waals surface area contributed by atoms with Crippen LogP contribution in [0.15, 0.2) is 30.3 Å². The number of likely N-dealkylation sites (N-methyl/N-ethyl adjacent to an activating group) is 1. The lowest BCUT2D eigenvalue weighted by Gasteiger charge is -2.35. The molecule has 162 valence electrons. The number of rotatable bonds is 7. The molecule has 0 aliphatic carbocycles. The molecule has 1 N–H and O–H groups in total. The molecule has 0 unspecified atom stereocenters. The Morgan fingerprint density at radius 1 is 1.10 bits per heavy atom. The van der Waals surface area contributed by atoms with Crippen molar-refractivity contribution in [1.82, 2.24) is 14.7 Å². The molecule has 2 aromatic rings. The quantitative estimate of drug-likeness (QED) is 0.706. The second-order valence-electron chi connectivity index (χ2n) is 7.85. The van der Waals surface area contributed by atoms with Crippen LogP contribution in [0.1, 0.15) is 16.0 Å². The predicted octanol–water partition coefficient (Wildman–Crippen LogP) is 3.23. The van der Waals surface area contributed by atoms with Gasteiger partial charge in [-0.3, -0.25) is 19.4 Å². The van der Waals surface area contributed by atoms with E-state index in [0.29, 0.717) is 45.8 Å². The summed E-state index contributed by atoms with van der Waals surface area (Å²) < 4.78 is 0.766. The number of thiophene rings is 1. The van der Waals surface area contributed by atoms with Crippen LogP contribution in [0.3, 0.4) is 0 Å². The highest BCUT2D eigenvalue weighted by Crippen LogP contribution is 2.22. The Balaban J connectivity index is 1.41.